The van der Waals surface area contributed by atoms with Crippen LogP contribution in [0.4, 0.5) is 5.00 Å². The maximum absolute atomic E-state index is 12.3. The third-order valence-corrected chi connectivity index (χ3v) is 5.27. The smallest absolute Gasteiger partial charge is 0.348 e. The summed E-state index contributed by atoms with van der Waals surface area (Å²) in [7, 11) is 1.85. The Morgan fingerprint density at radius 2 is 2.07 bits per heavy atom. The Labute approximate surface area is 168 Å². The highest BCUT2D eigenvalue weighted by atomic mass is 32.1. The summed E-state index contributed by atoms with van der Waals surface area (Å²) in [5.41, 5.74) is 0.790. The lowest BCUT2D eigenvalue weighted by molar-refractivity contribution is -0.117. The van der Waals surface area contributed by atoms with Gasteiger partial charge in [0.15, 0.2) is 11.5 Å². The standard InChI is InChI=1S/C20H24N2O5S/c1-4-25-20(24)19-13(2)9-18(28-19)21-17(23)11-22(3)10-14-12-26-15-7-5-6-8-16(15)27-14/h5-9,14H,4,10-12H2,1-3H3,(H,21,23)/t14-/m1/s1. The van der Waals surface area contributed by atoms with E-state index in [0.717, 1.165) is 17.1 Å². The predicted molar refractivity (Wildman–Crippen MR) is 107 cm³/mol. The van der Waals surface area contributed by atoms with Crippen LogP contribution in [0, 0.1) is 6.92 Å². The van der Waals surface area contributed by atoms with Gasteiger partial charge in [-0.2, -0.15) is 0 Å². The molecule has 1 aromatic heterocycles. The van der Waals surface area contributed by atoms with Crippen molar-refractivity contribution >= 4 is 28.2 Å². The fourth-order valence-corrected chi connectivity index (χ4v) is 3.91. The zero-order valence-corrected chi connectivity index (χ0v) is 17.0. The lowest BCUT2D eigenvalue weighted by atomic mass is 10.2. The molecule has 0 aliphatic carbocycles. The van der Waals surface area contributed by atoms with Crippen molar-refractivity contribution in [2.75, 3.05) is 38.7 Å². The van der Waals surface area contributed by atoms with E-state index in [4.69, 9.17) is 14.2 Å². The van der Waals surface area contributed by atoms with Gasteiger partial charge in [-0.1, -0.05) is 12.1 Å². The topological polar surface area (TPSA) is 77.1 Å². The van der Waals surface area contributed by atoms with E-state index in [2.05, 4.69) is 5.32 Å². The van der Waals surface area contributed by atoms with Gasteiger partial charge in [-0.25, -0.2) is 4.79 Å². The minimum atomic E-state index is -0.364. The van der Waals surface area contributed by atoms with Crippen LogP contribution in [0.1, 0.15) is 22.2 Å². The van der Waals surface area contributed by atoms with Crippen LogP contribution in [-0.4, -0.2) is 56.2 Å². The van der Waals surface area contributed by atoms with Crippen molar-refractivity contribution in [2.24, 2.45) is 0 Å². The number of aryl methyl sites for hydroxylation is 1. The summed E-state index contributed by atoms with van der Waals surface area (Å²) in [4.78, 5) is 26.6. The molecule has 0 saturated heterocycles. The molecule has 1 aliphatic rings. The molecular formula is C20H24N2O5S. The number of nitrogens with zero attached hydrogens (tertiary/aromatic N) is 1. The molecule has 0 saturated carbocycles. The zero-order chi connectivity index (χ0) is 20.1. The molecule has 0 fully saturated rings. The van der Waals surface area contributed by atoms with E-state index < -0.39 is 0 Å². The van der Waals surface area contributed by atoms with Crippen LogP contribution >= 0.6 is 11.3 Å². The Hall–Kier alpha value is -2.58. The summed E-state index contributed by atoms with van der Waals surface area (Å²) in [6, 6.07) is 9.32. The first kappa shape index (κ1) is 20.2. The second-order valence-electron chi connectivity index (χ2n) is 6.59. The van der Waals surface area contributed by atoms with Gasteiger partial charge in [0.25, 0.3) is 0 Å². The quantitative estimate of drug-likeness (QED) is 0.715. The van der Waals surface area contributed by atoms with Crippen molar-refractivity contribution in [3.05, 3.63) is 40.8 Å². The molecular weight excluding hydrogens is 380 g/mol. The highest BCUT2D eigenvalue weighted by molar-refractivity contribution is 7.18. The van der Waals surface area contributed by atoms with Gasteiger partial charge in [0, 0.05) is 6.54 Å². The largest absolute Gasteiger partial charge is 0.486 e. The van der Waals surface area contributed by atoms with Gasteiger partial charge in [-0.05, 0) is 44.7 Å². The molecule has 28 heavy (non-hydrogen) atoms. The first-order chi connectivity index (χ1) is 13.5. The summed E-state index contributed by atoms with van der Waals surface area (Å²) in [5.74, 6) is 0.940. The Kier molecular flexibility index (Phi) is 6.53. The van der Waals surface area contributed by atoms with Gasteiger partial charge >= 0.3 is 5.97 Å². The molecule has 1 N–H and O–H groups in total. The number of hydrogen-bond donors (Lipinski definition) is 1. The summed E-state index contributed by atoms with van der Waals surface area (Å²) < 4.78 is 16.7. The minimum absolute atomic E-state index is 0.146. The van der Waals surface area contributed by atoms with Gasteiger partial charge < -0.3 is 19.5 Å². The van der Waals surface area contributed by atoms with E-state index in [9.17, 15) is 9.59 Å². The van der Waals surface area contributed by atoms with Gasteiger partial charge in [0.05, 0.1) is 18.2 Å². The van der Waals surface area contributed by atoms with Crippen LogP contribution in [0.2, 0.25) is 0 Å². The predicted octanol–water partition coefficient (Wildman–Crippen LogP) is 2.94. The third kappa shape index (κ3) is 5.02. The average Bonchev–Trinajstić information content (AvgIpc) is 3.01. The Morgan fingerprint density at radius 3 is 2.82 bits per heavy atom. The van der Waals surface area contributed by atoms with E-state index in [1.165, 1.54) is 11.3 Å². The molecule has 3 rings (SSSR count). The van der Waals surface area contributed by atoms with Crippen molar-refractivity contribution in [1.82, 2.24) is 4.90 Å². The summed E-state index contributed by atoms with van der Waals surface area (Å²) in [6.45, 7) is 5.10. The maximum atomic E-state index is 12.3. The molecule has 0 bridgehead atoms. The average molecular weight is 404 g/mol. The Bertz CT molecular complexity index is 851. The van der Waals surface area contributed by atoms with Gasteiger partial charge in [-0.3, -0.25) is 9.69 Å². The molecule has 8 heteroatoms. The van der Waals surface area contributed by atoms with Gasteiger partial charge in [0.2, 0.25) is 5.91 Å². The molecule has 0 radical (unpaired) electrons. The molecule has 2 aromatic rings. The fourth-order valence-electron chi connectivity index (χ4n) is 2.93. The third-order valence-electron chi connectivity index (χ3n) is 4.14. The number of ether oxygens (including phenoxy) is 3. The minimum Gasteiger partial charge on any atom is -0.486 e. The Morgan fingerprint density at radius 1 is 1.32 bits per heavy atom. The van der Waals surface area contributed by atoms with Crippen LogP contribution in [-0.2, 0) is 9.53 Å². The number of thiophene rings is 1. The summed E-state index contributed by atoms with van der Waals surface area (Å²) >= 11 is 1.22. The number of rotatable bonds is 7. The summed E-state index contributed by atoms with van der Waals surface area (Å²) in [5, 5.41) is 3.47. The molecule has 2 heterocycles. The second kappa shape index (κ2) is 9.07. The monoisotopic (exact) mass is 404 g/mol. The van der Waals surface area contributed by atoms with Crippen LogP contribution in [0.25, 0.3) is 0 Å². The number of hydrogen-bond acceptors (Lipinski definition) is 7. The van der Waals surface area contributed by atoms with E-state index >= 15 is 0 Å². The molecule has 0 unspecified atom stereocenters. The number of carbonyl (C=O) groups excluding carboxylic acids is 2. The number of nitrogens with one attached hydrogen (secondary N) is 1. The molecule has 1 aliphatic heterocycles. The number of benzene rings is 1. The number of carbonyl (C=O) groups is 2. The summed E-state index contributed by atoms with van der Waals surface area (Å²) in [6.07, 6.45) is -0.146. The van der Waals surface area contributed by atoms with Gasteiger partial charge in [0.1, 0.15) is 17.6 Å². The van der Waals surface area contributed by atoms with Crippen LogP contribution < -0.4 is 14.8 Å². The highest BCUT2D eigenvalue weighted by Gasteiger charge is 2.23. The van der Waals surface area contributed by atoms with Crippen LogP contribution in [0.5, 0.6) is 11.5 Å². The van der Waals surface area contributed by atoms with E-state index in [1.54, 1.807) is 13.0 Å². The molecule has 0 spiro atoms. The number of para-hydroxylation sites is 2. The maximum Gasteiger partial charge on any atom is 0.348 e. The lowest BCUT2D eigenvalue weighted by Crippen LogP contribution is -2.42. The van der Waals surface area contributed by atoms with E-state index in [0.29, 0.717) is 29.6 Å². The van der Waals surface area contributed by atoms with Crippen molar-refractivity contribution in [3.8, 4) is 11.5 Å². The molecule has 7 nitrogen and oxygen atoms in total. The first-order valence-electron chi connectivity index (χ1n) is 9.10. The fraction of sp³-hybridized carbons (Fsp3) is 0.400. The van der Waals surface area contributed by atoms with Crippen molar-refractivity contribution in [1.29, 1.82) is 0 Å². The van der Waals surface area contributed by atoms with E-state index in [1.807, 2.05) is 43.1 Å². The number of esters is 1. The SMILES string of the molecule is CCOC(=O)c1sc(NC(=O)CN(C)C[C@@H]2COc3ccccc3O2)cc1C. The normalized spacial score (nSPS) is 15.4. The first-order valence-corrected chi connectivity index (χ1v) is 9.92. The second-order valence-corrected chi connectivity index (χ2v) is 7.64. The van der Waals surface area contributed by atoms with E-state index in [-0.39, 0.29) is 24.5 Å². The number of likely N-dealkylation sites (N-methyl/N-ethyl adjacent to an activating group) is 1. The molecule has 150 valence electrons. The highest BCUT2D eigenvalue weighted by Crippen LogP contribution is 2.31. The lowest BCUT2D eigenvalue weighted by Gasteiger charge is -2.29. The zero-order valence-electron chi connectivity index (χ0n) is 16.2. The van der Waals surface area contributed by atoms with Crippen LogP contribution in [0.3, 0.4) is 0 Å². The van der Waals surface area contributed by atoms with Crippen LogP contribution in [0.15, 0.2) is 30.3 Å². The van der Waals surface area contributed by atoms with Crippen molar-refractivity contribution < 1.29 is 23.8 Å². The number of anilines is 1. The van der Waals surface area contributed by atoms with Crippen molar-refractivity contribution in [3.63, 3.8) is 0 Å². The Balaban J connectivity index is 1.50. The number of fused-ring (bicyclic) bond motifs is 1. The molecule has 1 amide bonds. The number of amides is 1. The van der Waals surface area contributed by atoms with Crippen molar-refractivity contribution in [2.45, 2.75) is 20.0 Å². The van der Waals surface area contributed by atoms with Gasteiger partial charge in [-0.15, -0.1) is 11.3 Å². The molecule has 1 atom stereocenters. The molecule has 1 aromatic carbocycles.